The average Bonchev–Trinajstić information content (AvgIpc) is 3.09. The van der Waals surface area contributed by atoms with E-state index >= 15 is 0 Å². The molecule has 146 valence electrons. The Hall–Kier alpha value is -0.390. The first-order valence-corrected chi connectivity index (χ1v) is 8.69. The highest BCUT2D eigenvalue weighted by Gasteiger charge is 2.17. The van der Waals surface area contributed by atoms with Crippen LogP contribution >= 0.6 is 37.2 Å². The number of anilines is 1. The Morgan fingerprint density at radius 3 is 1.80 bits per heavy atom. The Morgan fingerprint density at radius 2 is 1.28 bits per heavy atom. The van der Waals surface area contributed by atoms with Crippen LogP contribution < -0.4 is 9.64 Å². The Morgan fingerprint density at radius 1 is 0.760 bits per heavy atom. The molecule has 0 N–H and O–H groups in total. The smallest absolute Gasteiger partial charge is 0.119 e. The van der Waals surface area contributed by atoms with Crippen LogP contribution in [0, 0.1) is 0 Å². The number of halogens is 3. The molecule has 0 atom stereocenters. The van der Waals surface area contributed by atoms with Gasteiger partial charge in [0.1, 0.15) is 5.75 Å². The highest BCUT2D eigenvalue weighted by molar-refractivity contribution is 5.86. The summed E-state index contributed by atoms with van der Waals surface area (Å²) in [6, 6.07) is 8.44. The zero-order valence-electron chi connectivity index (χ0n) is 15.1. The Kier molecular flexibility index (Phi) is 12.7. The summed E-state index contributed by atoms with van der Waals surface area (Å²) in [5.74, 6) is 0.935. The van der Waals surface area contributed by atoms with Gasteiger partial charge in [0.25, 0.3) is 0 Å². The van der Waals surface area contributed by atoms with Crippen LogP contribution in [-0.2, 0) is 0 Å². The van der Waals surface area contributed by atoms with E-state index in [0.717, 1.165) is 18.8 Å². The van der Waals surface area contributed by atoms with Crippen molar-refractivity contribution in [3.8, 4) is 5.75 Å². The number of rotatable bonds is 6. The molecule has 2 heterocycles. The SMILES string of the molecule is COc1ccc(N2CCN(CCCN3CCCC3)CC2)cc1.Cl.Cl.Cl. The van der Waals surface area contributed by atoms with Crippen molar-refractivity contribution in [3.05, 3.63) is 24.3 Å². The van der Waals surface area contributed by atoms with E-state index in [0.29, 0.717) is 0 Å². The summed E-state index contributed by atoms with van der Waals surface area (Å²) in [5, 5.41) is 0. The third-order valence-electron chi connectivity index (χ3n) is 4.96. The number of methoxy groups -OCH3 is 1. The standard InChI is InChI=1S/C18H29N3O.3ClH/c1-22-18-7-5-17(6-8-18)21-15-13-20(14-16-21)12-4-11-19-9-2-3-10-19;;;/h5-8H,2-4,9-16H2,1H3;3*1H. The summed E-state index contributed by atoms with van der Waals surface area (Å²) in [6.07, 6.45) is 4.13. The summed E-state index contributed by atoms with van der Waals surface area (Å²) in [6.45, 7) is 9.84. The first-order chi connectivity index (χ1) is 10.8. The Bertz CT molecular complexity index is 447. The predicted octanol–water partition coefficient (Wildman–Crippen LogP) is 3.57. The predicted molar refractivity (Wildman–Crippen MR) is 114 cm³/mol. The summed E-state index contributed by atoms with van der Waals surface area (Å²) in [4.78, 5) is 7.72. The van der Waals surface area contributed by atoms with Crippen molar-refractivity contribution in [2.24, 2.45) is 0 Å². The molecule has 7 heteroatoms. The molecule has 25 heavy (non-hydrogen) atoms. The first-order valence-electron chi connectivity index (χ1n) is 8.69. The summed E-state index contributed by atoms with van der Waals surface area (Å²) < 4.78 is 5.23. The topological polar surface area (TPSA) is 19.0 Å². The van der Waals surface area contributed by atoms with Crippen LogP contribution in [0.4, 0.5) is 5.69 Å². The highest BCUT2D eigenvalue weighted by atomic mass is 35.5. The van der Waals surface area contributed by atoms with Crippen molar-refractivity contribution in [2.75, 3.05) is 64.4 Å². The molecule has 0 radical (unpaired) electrons. The third-order valence-corrected chi connectivity index (χ3v) is 4.96. The van der Waals surface area contributed by atoms with Gasteiger partial charge in [-0.05, 0) is 69.7 Å². The lowest BCUT2D eigenvalue weighted by molar-refractivity contribution is 0.234. The van der Waals surface area contributed by atoms with Crippen molar-refractivity contribution in [1.29, 1.82) is 0 Å². The number of ether oxygens (including phenoxy) is 1. The third kappa shape index (κ3) is 7.40. The molecule has 0 unspecified atom stereocenters. The van der Waals surface area contributed by atoms with Gasteiger partial charge in [0.15, 0.2) is 0 Å². The molecule has 4 nitrogen and oxygen atoms in total. The minimum absolute atomic E-state index is 0. The van der Waals surface area contributed by atoms with E-state index in [2.05, 4.69) is 39.0 Å². The van der Waals surface area contributed by atoms with Gasteiger partial charge < -0.3 is 14.5 Å². The summed E-state index contributed by atoms with van der Waals surface area (Å²) in [5.41, 5.74) is 1.32. The average molecular weight is 413 g/mol. The van der Waals surface area contributed by atoms with Crippen LogP contribution in [-0.4, -0.2) is 69.3 Å². The van der Waals surface area contributed by atoms with Crippen LogP contribution in [0.5, 0.6) is 5.75 Å². The van der Waals surface area contributed by atoms with Gasteiger partial charge in [-0.3, -0.25) is 4.90 Å². The van der Waals surface area contributed by atoms with Gasteiger partial charge in [0.2, 0.25) is 0 Å². The molecule has 2 aliphatic heterocycles. The molecule has 2 aliphatic rings. The molecule has 0 bridgehead atoms. The number of hydrogen-bond donors (Lipinski definition) is 0. The van der Waals surface area contributed by atoms with E-state index in [1.54, 1.807) is 7.11 Å². The van der Waals surface area contributed by atoms with Crippen molar-refractivity contribution >= 4 is 42.9 Å². The molecular weight excluding hydrogens is 381 g/mol. The fourth-order valence-corrected chi connectivity index (χ4v) is 3.55. The number of piperazine rings is 1. The molecule has 3 rings (SSSR count). The monoisotopic (exact) mass is 411 g/mol. The molecule has 0 aromatic heterocycles. The van der Waals surface area contributed by atoms with Crippen molar-refractivity contribution in [2.45, 2.75) is 19.3 Å². The Balaban J connectivity index is 0.00000192. The van der Waals surface area contributed by atoms with Gasteiger partial charge in [0.05, 0.1) is 7.11 Å². The van der Waals surface area contributed by atoms with E-state index < -0.39 is 0 Å². The van der Waals surface area contributed by atoms with Crippen molar-refractivity contribution in [3.63, 3.8) is 0 Å². The van der Waals surface area contributed by atoms with Crippen LogP contribution in [0.2, 0.25) is 0 Å². The number of likely N-dealkylation sites (tertiary alicyclic amines) is 1. The van der Waals surface area contributed by atoms with E-state index in [9.17, 15) is 0 Å². The molecule has 0 aliphatic carbocycles. The number of nitrogens with zero attached hydrogens (tertiary/aromatic N) is 3. The van der Waals surface area contributed by atoms with E-state index in [1.807, 2.05) is 0 Å². The van der Waals surface area contributed by atoms with Gasteiger partial charge in [-0.2, -0.15) is 0 Å². The zero-order valence-corrected chi connectivity index (χ0v) is 17.5. The van der Waals surface area contributed by atoms with Crippen LogP contribution in [0.25, 0.3) is 0 Å². The fourth-order valence-electron chi connectivity index (χ4n) is 3.55. The second kappa shape index (κ2) is 12.9. The largest absolute Gasteiger partial charge is 0.497 e. The lowest BCUT2D eigenvalue weighted by atomic mass is 10.2. The maximum Gasteiger partial charge on any atom is 0.119 e. The lowest BCUT2D eigenvalue weighted by Gasteiger charge is -2.36. The van der Waals surface area contributed by atoms with Crippen molar-refractivity contribution in [1.82, 2.24) is 9.80 Å². The second-order valence-electron chi connectivity index (χ2n) is 6.43. The van der Waals surface area contributed by atoms with E-state index in [1.165, 1.54) is 64.2 Å². The molecule has 2 fully saturated rings. The summed E-state index contributed by atoms with van der Waals surface area (Å²) >= 11 is 0. The minimum Gasteiger partial charge on any atom is -0.497 e. The molecule has 0 saturated carbocycles. The van der Waals surface area contributed by atoms with Gasteiger partial charge in [-0.1, -0.05) is 0 Å². The van der Waals surface area contributed by atoms with Crippen LogP contribution in [0.3, 0.4) is 0 Å². The number of benzene rings is 1. The van der Waals surface area contributed by atoms with Crippen molar-refractivity contribution < 1.29 is 4.74 Å². The van der Waals surface area contributed by atoms with Gasteiger partial charge >= 0.3 is 0 Å². The van der Waals surface area contributed by atoms with Crippen LogP contribution in [0.1, 0.15) is 19.3 Å². The van der Waals surface area contributed by atoms with Gasteiger partial charge in [-0.15, -0.1) is 37.2 Å². The van der Waals surface area contributed by atoms with Gasteiger partial charge in [0, 0.05) is 31.9 Å². The minimum atomic E-state index is 0. The summed E-state index contributed by atoms with van der Waals surface area (Å²) in [7, 11) is 1.72. The fraction of sp³-hybridized carbons (Fsp3) is 0.667. The molecule has 1 aromatic carbocycles. The maximum absolute atomic E-state index is 5.23. The zero-order chi connectivity index (χ0) is 15.2. The second-order valence-corrected chi connectivity index (χ2v) is 6.43. The van der Waals surface area contributed by atoms with Crippen LogP contribution in [0.15, 0.2) is 24.3 Å². The highest BCUT2D eigenvalue weighted by Crippen LogP contribution is 2.20. The lowest BCUT2D eigenvalue weighted by Crippen LogP contribution is -2.47. The van der Waals surface area contributed by atoms with Gasteiger partial charge in [-0.25, -0.2) is 0 Å². The van der Waals surface area contributed by atoms with E-state index in [-0.39, 0.29) is 37.2 Å². The number of hydrogen-bond acceptors (Lipinski definition) is 4. The normalized spacial score (nSPS) is 18.0. The van der Waals surface area contributed by atoms with E-state index in [4.69, 9.17) is 4.74 Å². The molecule has 0 spiro atoms. The molecular formula is C18H32Cl3N3O. The Labute approximate surface area is 171 Å². The molecule has 0 amide bonds. The quantitative estimate of drug-likeness (QED) is 0.711. The first kappa shape index (κ1) is 24.6. The molecule has 2 saturated heterocycles. The maximum atomic E-state index is 5.23. The molecule has 1 aromatic rings.